The minimum Gasteiger partial charge on any atom is -0.354 e. The van der Waals surface area contributed by atoms with Crippen LogP contribution in [0.4, 0.5) is 0 Å². The van der Waals surface area contributed by atoms with Crippen molar-refractivity contribution in [3.63, 3.8) is 0 Å². The molecule has 5 rings (SSSR count). The van der Waals surface area contributed by atoms with E-state index in [4.69, 9.17) is 0 Å². The van der Waals surface area contributed by atoms with Crippen molar-refractivity contribution in [3.05, 3.63) is 60.7 Å². The summed E-state index contributed by atoms with van der Waals surface area (Å²) in [7, 11) is 3.90. The molecule has 1 aliphatic rings. The Balaban J connectivity index is 1.25. The van der Waals surface area contributed by atoms with Crippen molar-refractivity contribution in [3.8, 4) is 11.1 Å². The molecular weight excluding hydrogens is 468 g/mol. The second-order valence-corrected chi connectivity index (χ2v) is 9.62. The molecule has 0 radical (unpaired) electrons. The van der Waals surface area contributed by atoms with Crippen molar-refractivity contribution >= 4 is 28.4 Å². The minimum atomic E-state index is -0.425. The Hall–Kier alpha value is -4.05. The summed E-state index contributed by atoms with van der Waals surface area (Å²) in [5.74, 6) is -0.193. The molecule has 1 atom stereocenters. The summed E-state index contributed by atoms with van der Waals surface area (Å²) in [5.41, 5.74) is 4.70. The summed E-state index contributed by atoms with van der Waals surface area (Å²) in [4.78, 5) is 37.3. The molecule has 4 aromatic rings. The molecule has 37 heavy (non-hydrogen) atoms. The summed E-state index contributed by atoms with van der Waals surface area (Å²) in [6, 6.07) is 7.52. The van der Waals surface area contributed by atoms with Crippen LogP contribution in [0.25, 0.3) is 27.7 Å². The van der Waals surface area contributed by atoms with E-state index >= 15 is 0 Å². The number of carbonyl (C=O) groups is 2. The summed E-state index contributed by atoms with van der Waals surface area (Å²) in [5, 5.41) is 12.7. The van der Waals surface area contributed by atoms with E-state index in [1.807, 2.05) is 49.5 Å². The Bertz CT molecular complexity index is 1440. The van der Waals surface area contributed by atoms with Crippen LogP contribution >= 0.6 is 0 Å². The average molecular weight is 501 g/mol. The number of amides is 2. The number of hydrogen-bond donors (Lipinski definition) is 2. The highest BCUT2D eigenvalue weighted by molar-refractivity contribution is 5.97. The maximum absolute atomic E-state index is 13.0. The first-order chi connectivity index (χ1) is 18.0. The standard InChI is InChI=1S/C27H32N8O2/c1-33(2)15-6-9-25(36)34-16-4-3-7-24(34)27(37)29-13-10-19-17-21-20(11-14-28-26(21)32-19)22-18-31-35-23(22)8-5-12-30-35/h5-6,8-9,11-12,14,17-18,24H,3-4,7,10,13,15-16H2,1-2H3,(H,28,32)(H,29,37)/b9-6+/t24-/m0/s1. The zero-order valence-electron chi connectivity index (χ0n) is 21.2. The number of piperidine rings is 1. The molecule has 2 N–H and O–H groups in total. The number of carbonyl (C=O) groups excluding carboxylic acids is 2. The first-order valence-electron chi connectivity index (χ1n) is 12.7. The van der Waals surface area contributed by atoms with Gasteiger partial charge in [0.15, 0.2) is 0 Å². The molecule has 1 aliphatic heterocycles. The second kappa shape index (κ2) is 10.9. The summed E-state index contributed by atoms with van der Waals surface area (Å²) in [6.45, 7) is 1.77. The van der Waals surface area contributed by atoms with Crippen molar-refractivity contribution in [1.82, 2.24) is 39.9 Å². The Morgan fingerprint density at radius 1 is 1.19 bits per heavy atom. The number of aromatic nitrogens is 5. The Kier molecular flexibility index (Phi) is 7.27. The molecule has 0 aromatic carbocycles. The van der Waals surface area contributed by atoms with Crippen LogP contribution in [0.5, 0.6) is 0 Å². The molecule has 0 unspecified atom stereocenters. The number of likely N-dealkylation sites (N-methyl/N-ethyl adjacent to an activating group) is 1. The van der Waals surface area contributed by atoms with E-state index in [1.165, 1.54) is 0 Å². The van der Waals surface area contributed by atoms with Crippen LogP contribution in [-0.2, 0) is 16.0 Å². The second-order valence-electron chi connectivity index (χ2n) is 9.62. The fourth-order valence-electron chi connectivity index (χ4n) is 4.86. The van der Waals surface area contributed by atoms with Gasteiger partial charge in [0.25, 0.3) is 0 Å². The number of nitrogens with one attached hydrogen (secondary N) is 2. The average Bonchev–Trinajstić information content (AvgIpc) is 3.52. The van der Waals surface area contributed by atoms with E-state index in [-0.39, 0.29) is 11.8 Å². The quantitative estimate of drug-likeness (QED) is 0.360. The van der Waals surface area contributed by atoms with E-state index in [0.717, 1.165) is 46.2 Å². The van der Waals surface area contributed by atoms with E-state index in [2.05, 4.69) is 31.5 Å². The van der Waals surface area contributed by atoms with Crippen molar-refractivity contribution < 1.29 is 9.59 Å². The van der Waals surface area contributed by atoms with Crippen molar-refractivity contribution in [2.45, 2.75) is 31.7 Å². The first kappa shape index (κ1) is 24.6. The topological polar surface area (TPSA) is 112 Å². The zero-order chi connectivity index (χ0) is 25.8. The van der Waals surface area contributed by atoms with Gasteiger partial charge in [-0.05, 0) is 63.2 Å². The summed E-state index contributed by atoms with van der Waals surface area (Å²) >= 11 is 0. The van der Waals surface area contributed by atoms with E-state index in [0.29, 0.717) is 32.5 Å². The zero-order valence-corrected chi connectivity index (χ0v) is 21.2. The molecule has 4 aromatic heterocycles. The molecule has 0 saturated carbocycles. The van der Waals surface area contributed by atoms with Crippen LogP contribution in [0.1, 0.15) is 25.0 Å². The molecular formula is C27H32N8O2. The van der Waals surface area contributed by atoms with E-state index < -0.39 is 6.04 Å². The van der Waals surface area contributed by atoms with Gasteiger partial charge in [-0.15, -0.1) is 0 Å². The van der Waals surface area contributed by atoms with Gasteiger partial charge in [0, 0.05) is 61.2 Å². The fraction of sp³-hybridized carbons (Fsp3) is 0.370. The van der Waals surface area contributed by atoms with Gasteiger partial charge < -0.3 is 20.1 Å². The number of hydrogen-bond acceptors (Lipinski definition) is 6. The monoisotopic (exact) mass is 500 g/mol. The van der Waals surface area contributed by atoms with Crippen LogP contribution in [0.2, 0.25) is 0 Å². The third-order valence-corrected chi connectivity index (χ3v) is 6.69. The fourth-order valence-corrected chi connectivity index (χ4v) is 4.86. The normalized spacial score (nSPS) is 16.3. The van der Waals surface area contributed by atoms with Crippen LogP contribution in [-0.4, -0.2) is 86.2 Å². The molecule has 1 saturated heterocycles. The molecule has 192 valence electrons. The first-order valence-corrected chi connectivity index (χ1v) is 12.7. The lowest BCUT2D eigenvalue weighted by atomic mass is 10.0. The smallest absolute Gasteiger partial charge is 0.246 e. The molecule has 2 amide bonds. The largest absolute Gasteiger partial charge is 0.354 e. The van der Waals surface area contributed by atoms with E-state index in [9.17, 15) is 9.59 Å². The summed E-state index contributed by atoms with van der Waals surface area (Å²) < 4.78 is 1.61. The molecule has 0 spiro atoms. The van der Waals surface area contributed by atoms with Gasteiger partial charge in [-0.2, -0.15) is 14.8 Å². The Labute approximate surface area is 215 Å². The SMILES string of the molecule is CN(C)C/C=C/C(=O)N1CCCC[C@H]1C(=O)NCCc1cc2c(-c3cnn4ncccc34)ccnc2[nH]1. The lowest BCUT2D eigenvalue weighted by Gasteiger charge is -2.34. The predicted octanol–water partition coefficient (Wildman–Crippen LogP) is 2.43. The van der Waals surface area contributed by atoms with Gasteiger partial charge in [-0.25, -0.2) is 4.98 Å². The van der Waals surface area contributed by atoms with Gasteiger partial charge in [-0.3, -0.25) is 9.59 Å². The number of H-pyrrole nitrogens is 1. The summed E-state index contributed by atoms with van der Waals surface area (Å²) in [6.07, 6.45) is 11.9. The minimum absolute atomic E-state index is 0.0946. The van der Waals surface area contributed by atoms with Gasteiger partial charge >= 0.3 is 0 Å². The number of aromatic amines is 1. The third-order valence-electron chi connectivity index (χ3n) is 6.69. The maximum Gasteiger partial charge on any atom is 0.246 e. The molecule has 0 bridgehead atoms. The lowest BCUT2D eigenvalue weighted by Crippen LogP contribution is -2.51. The van der Waals surface area contributed by atoms with Gasteiger partial charge in [0.05, 0.1) is 11.7 Å². The van der Waals surface area contributed by atoms with Crippen molar-refractivity contribution in [2.75, 3.05) is 33.7 Å². The number of nitrogens with zero attached hydrogens (tertiary/aromatic N) is 6. The molecule has 0 aliphatic carbocycles. The van der Waals surface area contributed by atoms with Crippen LogP contribution < -0.4 is 5.32 Å². The van der Waals surface area contributed by atoms with Crippen LogP contribution in [0, 0.1) is 0 Å². The third kappa shape index (κ3) is 5.39. The number of rotatable bonds is 8. The maximum atomic E-state index is 13.0. The Morgan fingerprint density at radius 2 is 2.08 bits per heavy atom. The highest BCUT2D eigenvalue weighted by Crippen LogP contribution is 2.30. The molecule has 10 heteroatoms. The van der Waals surface area contributed by atoms with Crippen LogP contribution in [0.15, 0.2) is 55.0 Å². The highest BCUT2D eigenvalue weighted by Gasteiger charge is 2.30. The van der Waals surface area contributed by atoms with Crippen LogP contribution in [0.3, 0.4) is 0 Å². The van der Waals surface area contributed by atoms with E-state index in [1.54, 1.807) is 28.0 Å². The predicted molar refractivity (Wildman–Crippen MR) is 142 cm³/mol. The Morgan fingerprint density at radius 3 is 2.95 bits per heavy atom. The number of fused-ring (bicyclic) bond motifs is 2. The lowest BCUT2D eigenvalue weighted by molar-refractivity contribution is -0.138. The molecule has 10 nitrogen and oxygen atoms in total. The molecule has 5 heterocycles. The highest BCUT2D eigenvalue weighted by atomic mass is 16.2. The molecule has 1 fully saturated rings. The van der Waals surface area contributed by atoms with Crippen molar-refractivity contribution in [1.29, 1.82) is 0 Å². The van der Waals surface area contributed by atoms with Crippen molar-refractivity contribution in [2.24, 2.45) is 0 Å². The van der Waals surface area contributed by atoms with Gasteiger partial charge in [0.1, 0.15) is 11.7 Å². The van der Waals surface area contributed by atoms with Gasteiger partial charge in [-0.1, -0.05) is 6.08 Å². The number of pyridine rings is 1. The van der Waals surface area contributed by atoms with Gasteiger partial charge in [0.2, 0.25) is 11.8 Å². The number of likely N-dealkylation sites (tertiary alicyclic amines) is 1.